The van der Waals surface area contributed by atoms with Crippen LogP contribution in [0.5, 0.6) is 0 Å². The molecule has 0 amide bonds. The largest absolute Gasteiger partial charge is 0.340 e. The lowest BCUT2D eigenvalue weighted by Gasteiger charge is -2.10. The highest BCUT2D eigenvalue weighted by atomic mass is 35.5. The summed E-state index contributed by atoms with van der Waals surface area (Å²) in [5.74, 6) is -0.720. The first-order valence-electron chi connectivity index (χ1n) is 10.6. The van der Waals surface area contributed by atoms with Gasteiger partial charge in [0.05, 0.1) is 9.95 Å². The number of aryl methyl sites for hydroxylation is 1. The summed E-state index contributed by atoms with van der Waals surface area (Å²) in [5.41, 5.74) is 4.17. The SMILES string of the molecule is CCc1nnc([C@@H]2C(=N)S/C(=C\c3c(C)n(Cc4ccccc4Cl)c4ccccc34)C2=O)s1. The Kier molecular flexibility index (Phi) is 5.95. The molecule has 4 aromatic rings. The van der Waals surface area contributed by atoms with Gasteiger partial charge in [-0.25, -0.2) is 0 Å². The van der Waals surface area contributed by atoms with Crippen molar-refractivity contribution in [2.75, 3.05) is 0 Å². The van der Waals surface area contributed by atoms with Gasteiger partial charge in [0.25, 0.3) is 0 Å². The Morgan fingerprint density at radius 2 is 1.91 bits per heavy atom. The molecule has 33 heavy (non-hydrogen) atoms. The van der Waals surface area contributed by atoms with Crippen molar-refractivity contribution in [1.82, 2.24) is 14.8 Å². The Bertz CT molecular complexity index is 1440. The monoisotopic (exact) mass is 492 g/mol. The van der Waals surface area contributed by atoms with Gasteiger partial charge in [0.2, 0.25) is 0 Å². The van der Waals surface area contributed by atoms with E-state index in [1.54, 1.807) is 0 Å². The van der Waals surface area contributed by atoms with Gasteiger partial charge in [0, 0.05) is 33.7 Å². The minimum atomic E-state index is -0.643. The fraction of sp³-hybridized carbons (Fsp3) is 0.200. The number of thioether (sulfide) groups is 1. The maximum Gasteiger partial charge on any atom is 0.186 e. The second kappa shape index (κ2) is 8.89. The third-order valence-electron chi connectivity index (χ3n) is 5.86. The van der Waals surface area contributed by atoms with E-state index in [0.717, 1.165) is 44.2 Å². The molecule has 1 fully saturated rings. The van der Waals surface area contributed by atoms with E-state index in [9.17, 15) is 4.79 Å². The molecular weight excluding hydrogens is 472 g/mol. The number of hydrogen-bond acceptors (Lipinski definition) is 6. The van der Waals surface area contributed by atoms with E-state index < -0.39 is 5.92 Å². The molecule has 0 spiro atoms. The minimum absolute atomic E-state index is 0.0776. The average Bonchev–Trinajstić information content (AvgIpc) is 3.46. The summed E-state index contributed by atoms with van der Waals surface area (Å²) < 4.78 is 2.23. The first-order chi connectivity index (χ1) is 16.0. The van der Waals surface area contributed by atoms with Crippen LogP contribution in [0.4, 0.5) is 0 Å². The molecule has 0 bridgehead atoms. The van der Waals surface area contributed by atoms with E-state index >= 15 is 0 Å². The summed E-state index contributed by atoms with van der Waals surface area (Å²) in [6, 6.07) is 16.0. The molecule has 166 valence electrons. The summed E-state index contributed by atoms with van der Waals surface area (Å²) in [5, 5.41) is 20.4. The van der Waals surface area contributed by atoms with Crippen LogP contribution >= 0.6 is 34.7 Å². The molecule has 1 aliphatic heterocycles. The summed E-state index contributed by atoms with van der Waals surface area (Å²) in [6.45, 7) is 4.71. The smallest absolute Gasteiger partial charge is 0.186 e. The first kappa shape index (κ1) is 22.1. The zero-order chi connectivity index (χ0) is 23.1. The number of benzene rings is 2. The summed E-state index contributed by atoms with van der Waals surface area (Å²) >= 11 is 9.08. The van der Waals surface area contributed by atoms with Crippen LogP contribution < -0.4 is 0 Å². The average molecular weight is 493 g/mol. The lowest BCUT2D eigenvalue weighted by Crippen LogP contribution is -2.11. The van der Waals surface area contributed by atoms with Crippen molar-refractivity contribution >= 4 is 62.5 Å². The van der Waals surface area contributed by atoms with Gasteiger partial charge in [0.15, 0.2) is 5.78 Å². The molecule has 8 heteroatoms. The molecule has 0 aliphatic carbocycles. The number of hydrogen-bond donors (Lipinski definition) is 1. The maximum absolute atomic E-state index is 13.3. The zero-order valence-electron chi connectivity index (χ0n) is 18.1. The predicted molar refractivity (Wildman–Crippen MR) is 138 cm³/mol. The van der Waals surface area contributed by atoms with Crippen LogP contribution in [0.15, 0.2) is 53.4 Å². The van der Waals surface area contributed by atoms with Crippen LogP contribution in [0.2, 0.25) is 5.02 Å². The molecule has 3 heterocycles. The number of carbonyl (C=O) groups excluding carboxylic acids is 1. The molecule has 1 atom stereocenters. The number of Topliss-reactive ketones (excluding diaryl/α,β-unsaturated/α-hetero) is 1. The van der Waals surface area contributed by atoms with Gasteiger partial charge < -0.3 is 4.57 Å². The first-order valence-corrected chi connectivity index (χ1v) is 12.6. The Labute approximate surface area is 205 Å². The zero-order valence-corrected chi connectivity index (χ0v) is 20.5. The van der Waals surface area contributed by atoms with Crippen LogP contribution in [0.1, 0.15) is 39.7 Å². The van der Waals surface area contributed by atoms with Crippen LogP contribution in [-0.4, -0.2) is 25.6 Å². The van der Waals surface area contributed by atoms with Gasteiger partial charge in [0.1, 0.15) is 15.9 Å². The second-order valence-corrected chi connectivity index (χ2v) is 10.4. The second-order valence-electron chi connectivity index (χ2n) is 7.85. The van der Waals surface area contributed by atoms with Crippen molar-refractivity contribution in [1.29, 1.82) is 5.41 Å². The lowest BCUT2D eigenvalue weighted by molar-refractivity contribution is -0.114. The topological polar surface area (TPSA) is 71.6 Å². The van der Waals surface area contributed by atoms with Crippen molar-refractivity contribution in [2.24, 2.45) is 0 Å². The molecular formula is C25H21ClN4OS2. The number of halogens is 1. The summed E-state index contributed by atoms with van der Waals surface area (Å²) in [7, 11) is 0. The van der Waals surface area contributed by atoms with Crippen molar-refractivity contribution < 1.29 is 4.79 Å². The minimum Gasteiger partial charge on any atom is -0.340 e. The predicted octanol–water partition coefficient (Wildman–Crippen LogP) is 6.48. The van der Waals surface area contributed by atoms with Gasteiger partial charge in [-0.3, -0.25) is 10.2 Å². The van der Waals surface area contributed by atoms with Crippen LogP contribution in [0.25, 0.3) is 17.0 Å². The number of para-hydroxylation sites is 1. The van der Waals surface area contributed by atoms with E-state index in [1.807, 2.05) is 49.4 Å². The van der Waals surface area contributed by atoms with Crippen LogP contribution in [-0.2, 0) is 17.8 Å². The molecule has 5 nitrogen and oxygen atoms in total. The molecule has 2 aromatic carbocycles. The molecule has 5 rings (SSSR count). The molecule has 1 aliphatic rings. The fourth-order valence-corrected chi connectivity index (χ4v) is 6.24. The third kappa shape index (κ3) is 3.94. The molecule has 0 unspecified atom stereocenters. The van der Waals surface area contributed by atoms with Crippen molar-refractivity contribution in [3.8, 4) is 0 Å². The number of allylic oxidation sites excluding steroid dienone is 1. The van der Waals surface area contributed by atoms with E-state index in [1.165, 1.54) is 23.1 Å². The molecule has 0 saturated carbocycles. The fourth-order valence-electron chi connectivity index (χ4n) is 4.11. The Hall–Kier alpha value is -2.74. The van der Waals surface area contributed by atoms with Gasteiger partial charge in [-0.1, -0.05) is 66.7 Å². The van der Waals surface area contributed by atoms with Crippen molar-refractivity contribution in [3.05, 3.63) is 85.3 Å². The lowest BCUT2D eigenvalue weighted by atomic mass is 10.0. The van der Waals surface area contributed by atoms with E-state index in [0.29, 0.717) is 21.5 Å². The van der Waals surface area contributed by atoms with E-state index in [-0.39, 0.29) is 5.78 Å². The van der Waals surface area contributed by atoms with Gasteiger partial charge in [-0.15, -0.1) is 21.5 Å². The standard InChI is InChI=1S/C25H21ClN4OS2/c1-3-21-28-29-25(33-21)22-23(31)20(32-24(22)27)12-17-14(2)30(19-11-7-5-9-16(17)19)13-15-8-4-6-10-18(15)26/h4-12,22,27H,3,13H2,1-2H3/b20-12-,27-24?/t22-/m0/s1. The van der Waals surface area contributed by atoms with Crippen LogP contribution in [0, 0.1) is 12.3 Å². The number of ketones is 1. The normalized spacial score (nSPS) is 17.5. The quantitative estimate of drug-likeness (QED) is 0.323. The third-order valence-corrected chi connectivity index (χ3v) is 8.36. The summed E-state index contributed by atoms with van der Waals surface area (Å²) in [6.07, 6.45) is 2.70. The Morgan fingerprint density at radius 3 is 2.67 bits per heavy atom. The molecule has 1 saturated heterocycles. The highest BCUT2D eigenvalue weighted by Gasteiger charge is 2.39. The Balaban J connectivity index is 1.57. The van der Waals surface area contributed by atoms with Crippen LogP contribution in [0.3, 0.4) is 0 Å². The number of nitrogens with one attached hydrogen (secondary N) is 1. The number of carbonyl (C=O) groups is 1. The molecule has 0 radical (unpaired) electrons. The number of aromatic nitrogens is 3. The van der Waals surface area contributed by atoms with E-state index in [2.05, 4.69) is 33.8 Å². The molecule has 2 aromatic heterocycles. The van der Waals surface area contributed by atoms with Gasteiger partial charge in [-0.2, -0.15) is 0 Å². The highest BCUT2D eigenvalue weighted by Crippen LogP contribution is 2.42. The molecule has 1 N–H and O–H groups in total. The van der Waals surface area contributed by atoms with E-state index in [4.69, 9.17) is 17.0 Å². The van der Waals surface area contributed by atoms with Crippen molar-refractivity contribution in [2.45, 2.75) is 32.7 Å². The number of rotatable bonds is 5. The van der Waals surface area contributed by atoms with Gasteiger partial charge >= 0.3 is 0 Å². The maximum atomic E-state index is 13.3. The highest BCUT2D eigenvalue weighted by molar-refractivity contribution is 8.19. The Morgan fingerprint density at radius 1 is 1.15 bits per heavy atom. The number of nitrogens with zero attached hydrogens (tertiary/aromatic N) is 3. The summed E-state index contributed by atoms with van der Waals surface area (Å²) in [4.78, 5) is 13.9. The number of fused-ring (bicyclic) bond motifs is 1. The van der Waals surface area contributed by atoms with Gasteiger partial charge in [-0.05, 0) is 37.1 Å². The van der Waals surface area contributed by atoms with Crippen molar-refractivity contribution in [3.63, 3.8) is 0 Å².